The molecule has 0 saturated carbocycles. The predicted molar refractivity (Wildman–Crippen MR) is 94.9 cm³/mol. The molecule has 0 aliphatic heterocycles. The molecule has 0 aliphatic carbocycles. The molecule has 0 aromatic carbocycles. The van der Waals surface area contributed by atoms with E-state index in [-0.39, 0.29) is 6.61 Å². The second-order valence-corrected chi connectivity index (χ2v) is 5.92. The van der Waals surface area contributed by atoms with Crippen LogP contribution in [0.2, 0.25) is 0 Å². The Morgan fingerprint density at radius 2 is 2.07 bits per heavy atom. The topological polar surface area (TPSA) is 104 Å². The molecule has 0 atom stereocenters. The molecule has 0 aliphatic rings. The fraction of sp³-hybridized carbons (Fsp3) is 0.111. The average molecular weight is 359 g/mol. The Hall–Kier alpha value is -3.88. The van der Waals surface area contributed by atoms with Gasteiger partial charge in [0.05, 0.1) is 11.1 Å². The number of aryl methyl sites for hydroxylation is 1. The number of fused-ring (bicyclic) bond motifs is 3. The minimum Gasteiger partial charge on any atom is -0.470 e. The lowest BCUT2D eigenvalue weighted by atomic mass is 10.2. The van der Waals surface area contributed by atoms with Crippen molar-refractivity contribution in [3.05, 3.63) is 60.4 Å². The summed E-state index contributed by atoms with van der Waals surface area (Å²) in [6, 6.07) is 9.29. The van der Waals surface area contributed by atoms with E-state index in [4.69, 9.17) is 9.26 Å². The van der Waals surface area contributed by atoms with E-state index in [1.54, 1.807) is 29.2 Å². The molecule has 132 valence electrons. The normalized spacial score (nSPS) is 11.3. The van der Waals surface area contributed by atoms with Crippen LogP contribution >= 0.6 is 0 Å². The van der Waals surface area contributed by atoms with Crippen molar-refractivity contribution in [2.75, 3.05) is 0 Å². The summed E-state index contributed by atoms with van der Waals surface area (Å²) in [5.41, 5.74) is 1.94. The highest BCUT2D eigenvalue weighted by atomic mass is 16.5. The number of hydrogen-bond acceptors (Lipinski definition) is 8. The van der Waals surface area contributed by atoms with Crippen LogP contribution < -0.4 is 4.74 Å². The second-order valence-electron chi connectivity index (χ2n) is 5.92. The largest absolute Gasteiger partial charge is 0.470 e. The van der Waals surface area contributed by atoms with Gasteiger partial charge in [-0.3, -0.25) is 9.97 Å². The van der Waals surface area contributed by atoms with Gasteiger partial charge in [0.1, 0.15) is 12.4 Å². The monoisotopic (exact) mass is 359 g/mol. The van der Waals surface area contributed by atoms with Crippen LogP contribution in [0.15, 0.2) is 53.4 Å². The van der Waals surface area contributed by atoms with Gasteiger partial charge < -0.3 is 9.26 Å². The van der Waals surface area contributed by atoms with E-state index in [9.17, 15) is 0 Å². The summed E-state index contributed by atoms with van der Waals surface area (Å²) in [6.45, 7) is 2.10. The zero-order chi connectivity index (χ0) is 18.2. The third-order valence-electron chi connectivity index (χ3n) is 4.06. The van der Waals surface area contributed by atoms with E-state index in [1.807, 2.05) is 31.2 Å². The van der Waals surface area contributed by atoms with Gasteiger partial charge in [-0.1, -0.05) is 11.2 Å². The van der Waals surface area contributed by atoms with Gasteiger partial charge in [-0.2, -0.15) is 4.52 Å². The van der Waals surface area contributed by atoms with Crippen molar-refractivity contribution in [3.8, 4) is 17.4 Å². The fourth-order valence-electron chi connectivity index (χ4n) is 2.81. The molecule has 0 radical (unpaired) electrons. The molecule has 0 amide bonds. The van der Waals surface area contributed by atoms with Crippen LogP contribution in [0.1, 0.15) is 11.5 Å². The Morgan fingerprint density at radius 3 is 2.89 bits per heavy atom. The molecule has 0 N–H and O–H groups in total. The van der Waals surface area contributed by atoms with Crippen molar-refractivity contribution in [1.29, 1.82) is 0 Å². The molecule has 27 heavy (non-hydrogen) atoms. The summed E-state index contributed by atoms with van der Waals surface area (Å²) in [5.74, 6) is 1.57. The Balaban J connectivity index is 1.66. The molecular formula is C18H13N7O2. The Kier molecular flexibility index (Phi) is 3.49. The molecule has 9 heteroatoms. The van der Waals surface area contributed by atoms with Crippen molar-refractivity contribution < 1.29 is 9.26 Å². The average Bonchev–Trinajstić information content (AvgIpc) is 3.33. The Labute approximate surface area is 152 Å². The zero-order valence-corrected chi connectivity index (χ0v) is 14.3. The second kappa shape index (κ2) is 6.13. The molecule has 0 bridgehead atoms. The van der Waals surface area contributed by atoms with Gasteiger partial charge >= 0.3 is 0 Å². The maximum Gasteiger partial charge on any atom is 0.241 e. The molecule has 9 nitrogen and oxygen atoms in total. The first-order valence-corrected chi connectivity index (χ1v) is 8.25. The van der Waals surface area contributed by atoms with Gasteiger partial charge in [0.15, 0.2) is 11.3 Å². The first-order valence-electron chi connectivity index (χ1n) is 8.25. The molecule has 5 heterocycles. The zero-order valence-electron chi connectivity index (χ0n) is 14.3. The SMILES string of the molecule is Cc1cc(-c2nnc3c4ccncc4c(OCc4ccccn4)nn23)no1. The minimum atomic E-state index is 0.282. The number of aromatic nitrogens is 7. The van der Waals surface area contributed by atoms with E-state index >= 15 is 0 Å². The van der Waals surface area contributed by atoms with Crippen molar-refractivity contribution in [2.45, 2.75) is 13.5 Å². The van der Waals surface area contributed by atoms with E-state index in [2.05, 4.69) is 30.4 Å². The van der Waals surface area contributed by atoms with Gasteiger partial charge in [0.25, 0.3) is 0 Å². The van der Waals surface area contributed by atoms with Crippen LogP contribution in [0.25, 0.3) is 27.9 Å². The lowest BCUT2D eigenvalue weighted by Gasteiger charge is -2.09. The molecule has 0 saturated heterocycles. The van der Waals surface area contributed by atoms with Crippen LogP contribution in [0.5, 0.6) is 5.88 Å². The highest BCUT2D eigenvalue weighted by molar-refractivity contribution is 5.96. The Bertz CT molecular complexity index is 1250. The summed E-state index contributed by atoms with van der Waals surface area (Å²) in [7, 11) is 0. The molecular weight excluding hydrogens is 346 g/mol. The molecule has 5 rings (SSSR count). The molecule has 5 aromatic rings. The van der Waals surface area contributed by atoms with Gasteiger partial charge in [-0.25, -0.2) is 0 Å². The number of nitrogens with zero attached hydrogens (tertiary/aromatic N) is 7. The third-order valence-corrected chi connectivity index (χ3v) is 4.06. The smallest absolute Gasteiger partial charge is 0.241 e. The van der Waals surface area contributed by atoms with Crippen LogP contribution in [0.4, 0.5) is 0 Å². The van der Waals surface area contributed by atoms with Crippen molar-refractivity contribution in [2.24, 2.45) is 0 Å². The van der Waals surface area contributed by atoms with E-state index < -0.39 is 0 Å². The quantitative estimate of drug-likeness (QED) is 0.482. The maximum atomic E-state index is 5.95. The first-order chi connectivity index (χ1) is 13.3. The van der Waals surface area contributed by atoms with Crippen LogP contribution in [-0.2, 0) is 6.61 Å². The van der Waals surface area contributed by atoms with Crippen LogP contribution in [-0.4, -0.2) is 34.9 Å². The summed E-state index contributed by atoms with van der Waals surface area (Å²) in [5, 5.41) is 18.7. The first kappa shape index (κ1) is 15.4. The number of pyridine rings is 2. The van der Waals surface area contributed by atoms with Gasteiger partial charge in [0.2, 0.25) is 11.7 Å². The summed E-state index contributed by atoms with van der Waals surface area (Å²) >= 11 is 0. The molecule has 0 spiro atoms. The molecule has 5 aromatic heterocycles. The fourth-order valence-corrected chi connectivity index (χ4v) is 2.81. The molecule has 0 fully saturated rings. The number of rotatable bonds is 4. The predicted octanol–water partition coefficient (Wildman–Crippen LogP) is 2.61. The minimum absolute atomic E-state index is 0.282. The summed E-state index contributed by atoms with van der Waals surface area (Å²) < 4.78 is 12.7. The van der Waals surface area contributed by atoms with E-state index in [0.717, 1.165) is 16.5 Å². The van der Waals surface area contributed by atoms with Gasteiger partial charge in [0, 0.05) is 30.0 Å². The summed E-state index contributed by atoms with van der Waals surface area (Å²) in [6.07, 6.45) is 5.12. The van der Waals surface area contributed by atoms with Crippen LogP contribution in [0, 0.1) is 6.92 Å². The van der Waals surface area contributed by atoms with Gasteiger partial charge in [-0.05, 0) is 25.1 Å². The summed E-state index contributed by atoms with van der Waals surface area (Å²) in [4.78, 5) is 8.46. The van der Waals surface area contributed by atoms with E-state index in [1.165, 1.54) is 0 Å². The standard InChI is InChI=1S/C18H13N7O2/c1-11-8-15(24-27-11)17-22-21-16-13-5-7-19-9-14(13)18(23-25(16)17)26-10-12-4-2-3-6-20-12/h2-9H,10H2,1H3. The van der Waals surface area contributed by atoms with Crippen LogP contribution in [0.3, 0.4) is 0 Å². The van der Waals surface area contributed by atoms with Crippen molar-refractivity contribution in [1.82, 2.24) is 34.9 Å². The molecule has 0 unspecified atom stereocenters. The van der Waals surface area contributed by atoms with E-state index in [0.29, 0.717) is 28.8 Å². The Morgan fingerprint density at radius 1 is 1.11 bits per heavy atom. The van der Waals surface area contributed by atoms with Gasteiger partial charge in [-0.15, -0.1) is 15.3 Å². The highest BCUT2D eigenvalue weighted by Crippen LogP contribution is 2.28. The number of hydrogen-bond donors (Lipinski definition) is 0. The maximum absolute atomic E-state index is 5.95. The van der Waals surface area contributed by atoms with Crippen molar-refractivity contribution >= 4 is 16.4 Å². The third kappa shape index (κ3) is 2.65. The number of ether oxygens (including phenoxy) is 1. The van der Waals surface area contributed by atoms with Crippen molar-refractivity contribution in [3.63, 3.8) is 0 Å². The lowest BCUT2D eigenvalue weighted by Crippen LogP contribution is -2.04. The highest BCUT2D eigenvalue weighted by Gasteiger charge is 2.18. The lowest BCUT2D eigenvalue weighted by molar-refractivity contribution is 0.289.